The fraction of sp³-hybridized carbons (Fsp3) is 0.250. The molecule has 0 amide bonds. The molecule has 0 radical (unpaired) electrons. The molecular weight excluding hydrogens is 451 g/mol. The van der Waals surface area contributed by atoms with Crippen molar-refractivity contribution in [1.29, 1.82) is 0 Å². The highest BCUT2D eigenvalue weighted by Gasteiger charge is 2.25. The summed E-state index contributed by atoms with van der Waals surface area (Å²) in [7, 11) is 0. The summed E-state index contributed by atoms with van der Waals surface area (Å²) in [4.78, 5) is 0. The first-order valence-electron chi connectivity index (χ1n) is 3.37. The molecule has 1 aromatic rings. The maximum Gasteiger partial charge on any atom is 0.178 e. The molecule has 1 rings (SSSR count). The Morgan fingerprint density at radius 1 is 1.15 bits per heavy atom. The maximum absolute atomic E-state index is 6.10. The van der Waals surface area contributed by atoms with Crippen molar-refractivity contribution in [2.24, 2.45) is 0 Å². The van der Waals surface area contributed by atoms with Gasteiger partial charge in [-0.15, -0.1) is 0 Å². The minimum absolute atomic E-state index is 0.101. The van der Waals surface area contributed by atoms with E-state index >= 15 is 0 Å². The third kappa shape index (κ3) is 3.49. The van der Waals surface area contributed by atoms with Gasteiger partial charge in [0.1, 0.15) is 0 Å². The van der Waals surface area contributed by atoms with E-state index < -0.39 is 2.69 Å². The van der Waals surface area contributed by atoms with Gasteiger partial charge in [-0.1, -0.05) is 67.7 Å². The van der Waals surface area contributed by atoms with Gasteiger partial charge >= 0.3 is 0 Å². The van der Waals surface area contributed by atoms with Crippen LogP contribution in [0.4, 0.5) is 0 Å². The summed E-state index contributed by atoms with van der Waals surface area (Å²) in [6.07, 6.45) is 0. The van der Waals surface area contributed by atoms with Crippen molar-refractivity contribution in [3.63, 3.8) is 0 Å². The number of rotatable bonds is 2. The summed E-state index contributed by atoms with van der Waals surface area (Å²) in [6, 6.07) is 7.88. The summed E-state index contributed by atoms with van der Waals surface area (Å²) in [6.45, 7) is 0. The van der Waals surface area contributed by atoms with Crippen LogP contribution in [-0.4, -0.2) is 0 Å². The van der Waals surface area contributed by atoms with E-state index in [9.17, 15) is 0 Å². The first-order valence-corrected chi connectivity index (χ1v) is 7.16. The van der Waals surface area contributed by atoms with Crippen LogP contribution in [0.3, 0.4) is 0 Å². The molecule has 0 nitrogen and oxygen atoms in total. The lowest BCUT2D eigenvalue weighted by molar-refractivity contribution is 1.23. The first kappa shape index (κ1) is 12.5. The zero-order valence-electron chi connectivity index (χ0n) is 6.28. The Bertz CT molecular complexity index is 292. The van der Waals surface area contributed by atoms with Crippen molar-refractivity contribution in [3.05, 3.63) is 35.4 Å². The molecular formula is C8H5Br4Cl. The van der Waals surface area contributed by atoms with Gasteiger partial charge in [0, 0.05) is 0 Å². The Morgan fingerprint density at radius 2 is 1.69 bits per heavy atom. The minimum atomic E-state index is -0.698. The standard InChI is InChI=1S/C8H5Br4Cl/c9-7(10)5-3-1-2-4-6(5)8(11,12)13/h1-4,7H. The van der Waals surface area contributed by atoms with Crippen molar-refractivity contribution in [3.8, 4) is 0 Å². The summed E-state index contributed by atoms with van der Waals surface area (Å²) in [5.74, 6) is 0. The normalized spacial score (nSPS) is 12.2. The van der Waals surface area contributed by atoms with Gasteiger partial charge in [-0.3, -0.25) is 0 Å². The van der Waals surface area contributed by atoms with Gasteiger partial charge in [0.25, 0.3) is 0 Å². The van der Waals surface area contributed by atoms with Gasteiger partial charge in [-0.05, 0) is 43.0 Å². The number of hydrogen-bond donors (Lipinski definition) is 0. The molecule has 0 aliphatic rings. The predicted octanol–water partition coefficient (Wildman–Crippen LogP) is 5.61. The molecule has 0 saturated carbocycles. The molecule has 0 bridgehead atoms. The Balaban J connectivity index is 3.20. The zero-order valence-corrected chi connectivity index (χ0v) is 13.4. The number of hydrogen-bond acceptors (Lipinski definition) is 0. The average Bonchev–Trinajstić information content (AvgIpc) is 2.03. The molecule has 0 aliphatic heterocycles. The fourth-order valence-corrected chi connectivity index (χ4v) is 2.64. The van der Waals surface area contributed by atoms with E-state index in [1.54, 1.807) is 0 Å². The quantitative estimate of drug-likeness (QED) is 0.508. The van der Waals surface area contributed by atoms with Crippen LogP contribution in [0.25, 0.3) is 0 Å². The fourth-order valence-electron chi connectivity index (χ4n) is 0.945. The lowest BCUT2D eigenvalue weighted by atomic mass is 10.1. The van der Waals surface area contributed by atoms with Gasteiger partial charge in [0.2, 0.25) is 0 Å². The Labute approximate surface area is 116 Å². The molecule has 13 heavy (non-hydrogen) atoms. The largest absolute Gasteiger partial charge is 0.178 e. The van der Waals surface area contributed by atoms with Crippen molar-refractivity contribution in [2.75, 3.05) is 0 Å². The Morgan fingerprint density at radius 3 is 2.08 bits per heavy atom. The molecule has 0 atom stereocenters. The van der Waals surface area contributed by atoms with E-state index in [1.807, 2.05) is 24.3 Å². The van der Waals surface area contributed by atoms with E-state index in [0.29, 0.717) is 0 Å². The SMILES string of the molecule is ClC(Br)(Br)c1ccccc1C(Br)Br. The van der Waals surface area contributed by atoms with E-state index in [4.69, 9.17) is 11.6 Å². The lowest BCUT2D eigenvalue weighted by Gasteiger charge is -2.17. The minimum Gasteiger partial charge on any atom is -0.0886 e. The van der Waals surface area contributed by atoms with Crippen molar-refractivity contribution in [2.45, 2.75) is 6.43 Å². The molecule has 0 aromatic heterocycles. The van der Waals surface area contributed by atoms with E-state index in [1.165, 1.54) is 0 Å². The van der Waals surface area contributed by atoms with Crippen LogP contribution >= 0.6 is 75.3 Å². The zero-order chi connectivity index (χ0) is 10.1. The van der Waals surface area contributed by atoms with Crippen LogP contribution < -0.4 is 0 Å². The Hall–Kier alpha value is 1.43. The van der Waals surface area contributed by atoms with Crippen LogP contribution in [0.2, 0.25) is 0 Å². The van der Waals surface area contributed by atoms with Crippen molar-refractivity contribution >= 4 is 75.3 Å². The second-order valence-corrected chi connectivity index (χ2v) is 10.4. The molecule has 0 fully saturated rings. The molecule has 1 aromatic carbocycles. The van der Waals surface area contributed by atoms with Crippen molar-refractivity contribution in [1.82, 2.24) is 0 Å². The summed E-state index contributed by atoms with van der Waals surface area (Å²) < 4.78 is -0.597. The number of benzene rings is 1. The van der Waals surface area contributed by atoms with Gasteiger partial charge in [0.05, 0.1) is 3.74 Å². The van der Waals surface area contributed by atoms with Crippen LogP contribution in [0.5, 0.6) is 0 Å². The summed E-state index contributed by atoms with van der Waals surface area (Å²) >= 11 is 19.7. The lowest BCUT2D eigenvalue weighted by Crippen LogP contribution is -2.03. The van der Waals surface area contributed by atoms with E-state index in [2.05, 4.69) is 63.7 Å². The highest BCUT2D eigenvalue weighted by molar-refractivity contribution is 9.25. The highest BCUT2D eigenvalue weighted by Crippen LogP contribution is 2.47. The summed E-state index contributed by atoms with van der Waals surface area (Å²) in [5, 5.41) is 0. The maximum atomic E-state index is 6.10. The molecule has 0 aliphatic carbocycles. The third-order valence-corrected chi connectivity index (χ3v) is 3.55. The van der Waals surface area contributed by atoms with Gasteiger partial charge in [0.15, 0.2) is 2.69 Å². The first-order chi connectivity index (χ1) is 5.93. The van der Waals surface area contributed by atoms with Crippen LogP contribution in [0.1, 0.15) is 14.9 Å². The van der Waals surface area contributed by atoms with Gasteiger partial charge in [-0.2, -0.15) is 0 Å². The monoisotopic (exact) mass is 452 g/mol. The second kappa shape index (κ2) is 4.97. The number of alkyl halides is 5. The molecule has 0 heterocycles. The van der Waals surface area contributed by atoms with E-state index in [0.717, 1.165) is 11.1 Å². The topological polar surface area (TPSA) is 0 Å². The van der Waals surface area contributed by atoms with Crippen LogP contribution in [0.15, 0.2) is 24.3 Å². The third-order valence-electron chi connectivity index (χ3n) is 1.50. The highest BCUT2D eigenvalue weighted by atomic mass is 79.9. The Kier molecular flexibility index (Phi) is 4.78. The molecule has 5 heteroatoms. The second-order valence-electron chi connectivity index (χ2n) is 2.39. The molecule has 0 spiro atoms. The molecule has 0 saturated heterocycles. The predicted molar refractivity (Wildman–Crippen MR) is 72.4 cm³/mol. The average molecular weight is 456 g/mol. The van der Waals surface area contributed by atoms with Gasteiger partial charge < -0.3 is 0 Å². The van der Waals surface area contributed by atoms with Crippen LogP contribution in [0, 0.1) is 0 Å². The molecule has 0 N–H and O–H groups in total. The van der Waals surface area contributed by atoms with Crippen LogP contribution in [-0.2, 0) is 2.69 Å². The molecule has 0 unspecified atom stereocenters. The van der Waals surface area contributed by atoms with Crippen molar-refractivity contribution < 1.29 is 0 Å². The smallest absolute Gasteiger partial charge is 0.0886 e. The van der Waals surface area contributed by atoms with E-state index in [-0.39, 0.29) is 3.74 Å². The van der Waals surface area contributed by atoms with Gasteiger partial charge in [-0.25, -0.2) is 0 Å². The molecule has 72 valence electrons. The summed E-state index contributed by atoms with van der Waals surface area (Å²) in [5.41, 5.74) is 2.07. The number of halogens is 5.